The predicted molar refractivity (Wildman–Crippen MR) is 82.4 cm³/mol. The molecule has 0 bridgehead atoms. The van der Waals surface area contributed by atoms with Crippen molar-refractivity contribution in [1.29, 1.82) is 0 Å². The topological polar surface area (TPSA) is 92.5 Å². The van der Waals surface area contributed by atoms with Gasteiger partial charge in [0.2, 0.25) is 0 Å². The van der Waals surface area contributed by atoms with Crippen molar-refractivity contribution in [3.05, 3.63) is 45.5 Å². The highest BCUT2D eigenvalue weighted by Gasteiger charge is 2.42. The minimum Gasteiger partial charge on any atom is -0.478 e. The quantitative estimate of drug-likeness (QED) is 0.504. The van der Waals surface area contributed by atoms with Crippen LogP contribution in [0.3, 0.4) is 0 Å². The zero-order chi connectivity index (χ0) is 15.9. The Hall–Kier alpha value is -2.37. The van der Waals surface area contributed by atoms with Crippen LogP contribution in [0.4, 0.5) is 11.4 Å². The van der Waals surface area contributed by atoms with Crippen molar-refractivity contribution >= 4 is 17.3 Å². The zero-order valence-corrected chi connectivity index (χ0v) is 12.3. The Morgan fingerprint density at radius 1 is 1.50 bits per heavy atom. The van der Waals surface area contributed by atoms with Crippen LogP contribution in [0, 0.1) is 16.0 Å². The second kappa shape index (κ2) is 5.44. The monoisotopic (exact) mass is 302 g/mol. The number of hydrogen-bond donors (Lipinski definition) is 2. The van der Waals surface area contributed by atoms with Crippen molar-refractivity contribution in [2.45, 2.75) is 38.1 Å². The molecule has 0 radical (unpaired) electrons. The first kappa shape index (κ1) is 14.6. The van der Waals surface area contributed by atoms with Crippen LogP contribution in [0.25, 0.3) is 0 Å². The summed E-state index contributed by atoms with van der Waals surface area (Å²) in [5, 5.41) is 24.0. The highest BCUT2D eigenvalue weighted by molar-refractivity contribution is 5.97. The molecule has 0 amide bonds. The molecule has 1 heterocycles. The minimum absolute atomic E-state index is 0.00370. The number of aromatic carboxylic acids is 1. The molecule has 3 rings (SSSR count). The van der Waals surface area contributed by atoms with Gasteiger partial charge in [0, 0.05) is 18.0 Å². The second-order valence-electron chi connectivity index (χ2n) is 5.88. The number of nitrogens with zero attached hydrogens (tertiary/aromatic N) is 1. The highest BCUT2D eigenvalue weighted by atomic mass is 16.6. The van der Waals surface area contributed by atoms with E-state index in [0.29, 0.717) is 11.3 Å². The Morgan fingerprint density at radius 3 is 2.91 bits per heavy atom. The lowest BCUT2D eigenvalue weighted by atomic mass is 9.76. The van der Waals surface area contributed by atoms with Crippen LogP contribution in [0.2, 0.25) is 0 Å². The number of carboxylic acid groups (broad SMARTS) is 1. The van der Waals surface area contributed by atoms with E-state index in [9.17, 15) is 20.0 Å². The highest BCUT2D eigenvalue weighted by Crippen LogP contribution is 2.50. The third kappa shape index (κ3) is 2.15. The van der Waals surface area contributed by atoms with Gasteiger partial charge in [0.25, 0.3) is 5.69 Å². The number of nitrogens with one attached hydrogen (secondary N) is 1. The predicted octanol–water partition coefficient (Wildman–Crippen LogP) is 3.55. The lowest BCUT2D eigenvalue weighted by molar-refractivity contribution is -0.385. The second-order valence-corrected chi connectivity index (χ2v) is 5.88. The van der Waals surface area contributed by atoms with Crippen molar-refractivity contribution in [2.75, 3.05) is 5.32 Å². The maximum atomic E-state index is 11.5. The summed E-state index contributed by atoms with van der Waals surface area (Å²) in [6, 6.07) is 2.79. The van der Waals surface area contributed by atoms with Crippen molar-refractivity contribution < 1.29 is 14.8 Å². The molecule has 6 nitrogen and oxygen atoms in total. The van der Waals surface area contributed by atoms with Gasteiger partial charge >= 0.3 is 5.97 Å². The lowest BCUT2D eigenvalue weighted by Gasteiger charge is -2.37. The third-order valence-electron chi connectivity index (χ3n) is 4.64. The molecule has 6 heteroatoms. The number of anilines is 1. The summed E-state index contributed by atoms with van der Waals surface area (Å²) in [5.74, 6) is -0.878. The molecule has 1 aromatic rings. The summed E-state index contributed by atoms with van der Waals surface area (Å²) in [6.45, 7) is 2.08. The van der Waals surface area contributed by atoms with Gasteiger partial charge in [-0.1, -0.05) is 25.5 Å². The van der Waals surface area contributed by atoms with Gasteiger partial charge in [-0.3, -0.25) is 10.1 Å². The number of nitro groups is 1. The molecule has 1 aromatic carbocycles. The number of allylic oxidation sites excluding steroid dienone is 2. The van der Waals surface area contributed by atoms with Gasteiger partial charge in [-0.2, -0.15) is 0 Å². The fourth-order valence-corrected chi connectivity index (χ4v) is 3.73. The number of hydrogen-bond acceptors (Lipinski definition) is 4. The van der Waals surface area contributed by atoms with Crippen LogP contribution in [0.1, 0.15) is 48.0 Å². The zero-order valence-electron chi connectivity index (χ0n) is 12.3. The molecule has 0 saturated carbocycles. The van der Waals surface area contributed by atoms with Gasteiger partial charge in [0.05, 0.1) is 21.7 Å². The summed E-state index contributed by atoms with van der Waals surface area (Å²) in [7, 11) is 0. The standard InChI is InChI=1S/C16H18N2O4/c1-2-4-12-9-5-3-6-10(9)14-13(18(21)22)8-7-11(16(19)20)15(14)17-12/h3,6-10,12,17H,2,4-5H2,1H3,(H,19,20)/t9-,10-,12+/m0/s1. The van der Waals surface area contributed by atoms with E-state index < -0.39 is 10.9 Å². The molecule has 2 N–H and O–H groups in total. The fourth-order valence-electron chi connectivity index (χ4n) is 3.73. The first-order valence-corrected chi connectivity index (χ1v) is 7.52. The van der Waals surface area contributed by atoms with Crippen molar-refractivity contribution in [2.24, 2.45) is 5.92 Å². The normalized spacial score (nSPS) is 25.2. The molecule has 2 aliphatic rings. The van der Waals surface area contributed by atoms with Crippen molar-refractivity contribution in [3.8, 4) is 0 Å². The molecular formula is C16H18N2O4. The maximum Gasteiger partial charge on any atom is 0.337 e. The summed E-state index contributed by atoms with van der Waals surface area (Å²) in [6.07, 6.45) is 6.81. The largest absolute Gasteiger partial charge is 0.478 e. The summed E-state index contributed by atoms with van der Waals surface area (Å²) in [5.41, 5.74) is 1.06. The van der Waals surface area contributed by atoms with E-state index in [4.69, 9.17) is 0 Å². The summed E-state index contributed by atoms with van der Waals surface area (Å²) >= 11 is 0. The Labute approximate surface area is 128 Å². The van der Waals surface area contributed by atoms with Crippen LogP contribution in [0.5, 0.6) is 0 Å². The maximum absolute atomic E-state index is 11.5. The van der Waals surface area contributed by atoms with Crippen molar-refractivity contribution in [3.63, 3.8) is 0 Å². The van der Waals surface area contributed by atoms with E-state index in [0.717, 1.165) is 19.3 Å². The fraction of sp³-hybridized carbons (Fsp3) is 0.438. The van der Waals surface area contributed by atoms with Gasteiger partial charge in [-0.15, -0.1) is 0 Å². The Morgan fingerprint density at radius 2 is 2.27 bits per heavy atom. The van der Waals surface area contributed by atoms with Crippen LogP contribution in [-0.4, -0.2) is 22.0 Å². The summed E-state index contributed by atoms with van der Waals surface area (Å²) < 4.78 is 0. The Balaban J connectivity index is 2.20. The van der Waals surface area contributed by atoms with E-state index in [1.54, 1.807) is 0 Å². The smallest absolute Gasteiger partial charge is 0.337 e. The molecule has 1 aliphatic carbocycles. The Bertz CT molecular complexity index is 668. The molecule has 1 aliphatic heterocycles. The molecule has 22 heavy (non-hydrogen) atoms. The molecule has 3 atom stereocenters. The molecule has 0 saturated heterocycles. The van der Waals surface area contributed by atoms with E-state index in [-0.39, 0.29) is 29.1 Å². The average Bonchev–Trinajstić information content (AvgIpc) is 2.95. The van der Waals surface area contributed by atoms with E-state index >= 15 is 0 Å². The first-order valence-electron chi connectivity index (χ1n) is 7.52. The van der Waals surface area contributed by atoms with E-state index in [2.05, 4.69) is 12.2 Å². The number of carboxylic acids is 1. The van der Waals surface area contributed by atoms with Crippen LogP contribution in [-0.2, 0) is 0 Å². The van der Waals surface area contributed by atoms with Crippen LogP contribution in [0.15, 0.2) is 24.3 Å². The molecule has 116 valence electrons. The molecule has 0 aromatic heterocycles. The van der Waals surface area contributed by atoms with Gasteiger partial charge in [0.1, 0.15) is 0 Å². The van der Waals surface area contributed by atoms with Gasteiger partial charge < -0.3 is 10.4 Å². The van der Waals surface area contributed by atoms with Crippen molar-refractivity contribution in [1.82, 2.24) is 0 Å². The van der Waals surface area contributed by atoms with E-state index in [1.807, 2.05) is 12.2 Å². The van der Waals surface area contributed by atoms with Gasteiger partial charge in [0.15, 0.2) is 0 Å². The average molecular weight is 302 g/mol. The first-order chi connectivity index (χ1) is 10.5. The number of rotatable bonds is 4. The molecular weight excluding hydrogens is 284 g/mol. The lowest BCUT2D eigenvalue weighted by Crippen LogP contribution is -2.37. The molecule has 0 unspecified atom stereocenters. The van der Waals surface area contributed by atoms with E-state index in [1.165, 1.54) is 12.1 Å². The van der Waals surface area contributed by atoms with Gasteiger partial charge in [-0.05, 0) is 24.8 Å². The van der Waals surface area contributed by atoms with Crippen LogP contribution >= 0.6 is 0 Å². The SMILES string of the molecule is CCC[C@H]1Nc2c(C(=O)O)ccc([N+](=O)[O-])c2[C@H]2C=CC[C@@H]21. The number of fused-ring (bicyclic) bond motifs is 3. The number of benzene rings is 1. The number of carbonyl (C=O) groups is 1. The summed E-state index contributed by atoms with van der Waals surface area (Å²) in [4.78, 5) is 22.4. The minimum atomic E-state index is -1.06. The third-order valence-corrected chi connectivity index (χ3v) is 4.64. The number of nitro benzene ring substituents is 1. The van der Waals surface area contributed by atoms with Gasteiger partial charge in [-0.25, -0.2) is 4.79 Å². The molecule has 0 spiro atoms. The molecule has 0 fully saturated rings. The Kier molecular flexibility index (Phi) is 3.60. The van der Waals surface area contributed by atoms with Crippen LogP contribution < -0.4 is 5.32 Å².